The summed E-state index contributed by atoms with van der Waals surface area (Å²) >= 11 is 7.82. The molecule has 0 radical (unpaired) electrons. The van der Waals surface area contributed by atoms with Crippen LogP contribution in [0.4, 0.5) is 13.2 Å². The molecular weight excluding hydrogens is 335 g/mol. The Balaban J connectivity index is 2.15. The first-order valence-electron chi connectivity index (χ1n) is 6.68. The van der Waals surface area contributed by atoms with E-state index >= 15 is 0 Å². The smallest absolute Gasteiger partial charge is 0.411 e. The molecule has 1 heterocycles. The van der Waals surface area contributed by atoms with Gasteiger partial charge in [-0.1, -0.05) is 44.5 Å². The van der Waals surface area contributed by atoms with E-state index in [2.05, 4.69) is 20.8 Å². The minimum atomic E-state index is -4.34. The molecule has 0 amide bonds. The van der Waals surface area contributed by atoms with Crippen LogP contribution in [-0.4, -0.2) is 15.7 Å². The second kappa shape index (κ2) is 6.34. The van der Waals surface area contributed by atoms with Gasteiger partial charge >= 0.3 is 6.18 Å². The molecule has 122 valence electrons. The summed E-state index contributed by atoms with van der Waals surface area (Å²) in [7, 11) is 0. The lowest BCUT2D eigenvalue weighted by Crippen LogP contribution is -2.25. The topological polar surface area (TPSA) is 12.5 Å². The van der Waals surface area contributed by atoms with Crippen molar-refractivity contribution in [1.29, 1.82) is 0 Å². The molecule has 1 aromatic rings. The molecule has 0 aromatic heterocycles. The summed E-state index contributed by atoms with van der Waals surface area (Å²) in [4.78, 5) is 5.42. The van der Waals surface area contributed by atoms with Crippen LogP contribution >= 0.6 is 23.4 Å². The Bertz CT molecular complexity index is 551. The van der Waals surface area contributed by atoms with Gasteiger partial charge in [-0.15, -0.1) is 16.8 Å². The Morgan fingerprint density at radius 1 is 1.18 bits per heavy atom. The Labute approximate surface area is 137 Å². The van der Waals surface area contributed by atoms with Crippen molar-refractivity contribution >= 4 is 23.4 Å². The second-order valence-electron chi connectivity index (χ2n) is 5.93. The summed E-state index contributed by atoms with van der Waals surface area (Å²) in [5, 5.41) is 2.12. The van der Waals surface area contributed by atoms with Gasteiger partial charge in [0.2, 0.25) is 0 Å². The fraction of sp³-hybridized carbons (Fsp3) is 0.467. The summed E-state index contributed by atoms with van der Waals surface area (Å²) in [6, 6.07) is 4.62. The molecule has 2 rings (SSSR count). The highest BCUT2D eigenvalue weighted by Gasteiger charge is 2.33. The molecule has 0 saturated heterocycles. The lowest BCUT2D eigenvalue weighted by Gasteiger charge is -2.27. The monoisotopic (exact) mass is 351 g/mol. The maximum Gasteiger partial charge on any atom is 0.416 e. The first-order chi connectivity index (χ1) is 10.1. The number of benzene rings is 1. The van der Waals surface area contributed by atoms with Gasteiger partial charge in [0.1, 0.15) is 12.3 Å². The third-order valence-electron chi connectivity index (χ3n) is 3.03. The van der Waals surface area contributed by atoms with Crippen molar-refractivity contribution in [1.82, 2.24) is 5.06 Å². The highest BCUT2D eigenvalue weighted by atomic mass is 35.5. The van der Waals surface area contributed by atoms with E-state index in [-0.39, 0.29) is 10.8 Å². The number of hydrogen-bond acceptors (Lipinski definition) is 3. The number of hydroxylamine groups is 2. The predicted octanol–water partition coefficient (Wildman–Crippen LogP) is 5.56. The molecule has 0 fully saturated rings. The Morgan fingerprint density at radius 3 is 2.27 bits per heavy atom. The normalized spacial score (nSPS) is 20.0. The summed E-state index contributed by atoms with van der Waals surface area (Å²) in [5.74, 6) is 0.557. The van der Waals surface area contributed by atoms with Gasteiger partial charge in [-0.2, -0.15) is 13.2 Å². The van der Waals surface area contributed by atoms with Gasteiger partial charge in [0, 0.05) is 4.75 Å². The maximum absolute atomic E-state index is 12.6. The molecule has 1 unspecified atom stereocenters. The lowest BCUT2D eigenvalue weighted by atomic mass is 10.0. The summed E-state index contributed by atoms with van der Waals surface area (Å²) in [5.41, 5.74) is -0.00727. The Hall–Kier alpha value is -0.850. The summed E-state index contributed by atoms with van der Waals surface area (Å²) in [6.45, 7) is 6.24. The van der Waals surface area contributed by atoms with Crippen LogP contribution in [0.15, 0.2) is 35.6 Å². The quantitative estimate of drug-likeness (QED) is 0.707. The number of alkyl halides is 3. The van der Waals surface area contributed by atoms with E-state index in [4.69, 9.17) is 16.4 Å². The number of hydrogen-bond donors (Lipinski definition) is 0. The molecule has 0 aliphatic carbocycles. The molecule has 2 nitrogen and oxygen atoms in total. The Morgan fingerprint density at radius 2 is 1.77 bits per heavy atom. The maximum atomic E-state index is 12.6. The first kappa shape index (κ1) is 17.5. The zero-order valence-electron chi connectivity index (χ0n) is 12.4. The third-order valence-corrected chi connectivity index (χ3v) is 4.57. The minimum Gasteiger partial charge on any atom is -0.411 e. The molecule has 22 heavy (non-hydrogen) atoms. The van der Waals surface area contributed by atoms with Gasteiger partial charge in [0.05, 0.1) is 16.5 Å². The van der Waals surface area contributed by atoms with Crippen molar-refractivity contribution in [3.8, 4) is 0 Å². The highest BCUT2D eigenvalue weighted by Crippen LogP contribution is 2.39. The van der Waals surface area contributed by atoms with Crippen LogP contribution in [-0.2, 0) is 11.0 Å². The van der Waals surface area contributed by atoms with E-state index in [9.17, 15) is 13.2 Å². The zero-order chi connectivity index (χ0) is 16.5. The van der Waals surface area contributed by atoms with E-state index < -0.39 is 11.7 Å². The lowest BCUT2D eigenvalue weighted by molar-refractivity contribution is -0.137. The van der Waals surface area contributed by atoms with Gasteiger partial charge in [0.15, 0.2) is 0 Å². The van der Waals surface area contributed by atoms with Gasteiger partial charge in [-0.3, -0.25) is 0 Å². The molecule has 0 N–H and O–H groups in total. The summed E-state index contributed by atoms with van der Waals surface area (Å²) < 4.78 is 37.9. The van der Waals surface area contributed by atoms with Crippen LogP contribution in [0.2, 0.25) is 0 Å². The van der Waals surface area contributed by atoms with Crippen LogP contribution in [0.25, 0.3) is 0 Å². The molecule has 0 bridgehead atoms. The molecule has 1 aromatic carbocycles. The number of thioether (sulfide) groups is 1. The molecule has 1 aliphatic rings. The molecule has 1 aliphatic heterocycles. The Kier molecular flexibility index (Phi) is 5.04. The predicted molar refractivity (Wildman–Crippen MR) is 83.3 cm³/mol. The average Bonchev–Trinajstić information content (AvgIpc) is 2.76. The minimum absolute atomic E-state index is 0.0448. The number of rotatable bonds is 3. The van der Waals surface area contributed by atoms with Crippen LogP contribution in [0.1, 0.15) is 37.9 Å². The molecule has 0 spiro atoms. The molecule has 1 atom stereocenters. The highest BCUT2D eigenvalue weighted by molar-refractivity contribution is 8.00. The third kappa shape index (κ3) is 4.33. The van der Waals surface area contributed by atoms with Gasteiger partial charge in [-0.25, -0.2) is 0 Å². The van der Waals surface area contributed by atoms with Crippen LogP contribution in [0.5, 0.6) is 0 Å². The number of nitrogens with zero attached hydrogens (tertiary/aromatic N) is 1. The standard InChI is InChI=1S/C15H17ClF3NOS/c1-14(2,3)22-9-20-13(12(16)8-21-20)10-4-6-11(7-5-10)15(17,18)19/h4-8,13H,9H2,1-3H3. The fourth-order valence-corrected chi connectivity index (χ4v) is 2.92. The fourth-order valence-electron chi connectivity index (χ4n) is 1.92. The van der Waals surface area contributed by atoms with E-state index in [1.807, 2.05) is 0 Å². The van der Waals surface area contributed by atoms with Crippen molar-refractivity contribution < 1.29 is 18.0 Å². The molecule has 0 saturated carbocycles. The van der Waals surface area contributed by atoms with Gasteiger partial charge in [0.25, 0.3) is 0 Å². The van der Waals surface area contributed by atoms with Crippen molar-refractivity contribution in [2.24, 2.45) is 0 Å². The second-order valence-corrected chi connectivity index (χ2v) is 8.14. The van der Waals surface area contributed by atoms with E-state index in [0.29, 0.717) is 16.5 Å². The van der Waals surface area contributed by atoms with E-state index in [0.717, 1.165) is 12.1 Å². The van der Waals surface area contributed by atoms with Crippen molar-refractivity contribution in [2.45, 2.75) is 37.7 Å². The van der Waals surface area contributed by atoms with Crippen molar-refractivity contribution in [3.05, 3.63) is 46.7 Å². The first-order valence-corrected chi connectivity index (χ1v) is 8.04. The summed E-state index contributed by atoms with van der Waals surface area (Å²) in [6.07, 6.45) is -2.92. The van der Waals surface area contributed by atoms with Gasteiger partial charge in [-0.05, 0) is 17.7 Å². The number of halogens is 4. The van der Waals surface area contributed by atoms with Crippen LogP contribution in [0.3, 0.4) is 0 Å². The van der Waals surface area contributed by atoms with Crippen molar-refractivity contribution in [2.75, 3.05) is 5.88 Å². The van der Waals surface area contributed by atoms with Crippen molar-refractivity contribution in [3.63, 3.8) is 0 Å². The van der Waals surface area contributed by atoms with Crippen LogP contribution < -0.4 is 0 Å². The van der Waals surface area contributed by atoms with E-state index in [1.165, 1.54) is 18.4 Å². The van der Waals surface area contributed by atoms with Gasteiger partial charge < -0.3 is 4.84 Å². The molecule has 7 heteroatoms. The van der Waals surface area contributed by atoms with Crippen LogP contribution in [0, 0.1) is 0 Å². The SMILES string of the molecule is CC(C)(C)SCN1OC=C(Cl)C1c1ccc(C(F)(F)F)cc1. The van der Waals surface area contributed by atoms with E-state index in [1.54, 1.807) is 16.8 Å². The molecular formula is C15H17ClF3NOS. The zero-order valence-corrected chi connectivity index (χ0v) is 14.0. The largest absolute Gasteiger partial charge is 0.416 e. The average molecular weight is 352 g/mol.